The Morgan fingerprint density at radius 2 is 1.98 bits per heavy atom. The van der Waals surface area contributed by atoms with E-state index in [4.69, 9.17) is 16.6 Å². The van der Waals surface area contributed by atoms with E-state index >= 15 is 4.39 Å². The molecule has 5 aromatic rings. The lowest BCUT2D eigenvalue weighted by Crippen LogP contribution is -2.67. The van der Waals surface area contributed by atoms with E-state index in [1.165, 1.54) is 4.90 Å². The molecule has 2 aliphatic rings. The van der Waals surface area contributed by atoms with Gasteiger partial charge < -0.3 is 14.7 Å². The fraction of sp³-hybridized carbons (Fsp3) is 0.429. The first-order chi connectivity index (χ1) is 23.8. The predicted molar refractivity (Wildman–Crippen MR) is 186 cm³/mol. The van der Waals surface area contributed by atoms with E-state index < -0.39 is 24.2 Å². The number of amides is 1. The van der Waals surface area contributed by atoms with Gasteiger partial charge >= 0.3 is 0 Å². The molecule has 1 N–H and O–H groups in total. The molecule has 2 aliphatic heterocycles. The van der Waals surface area contributed by atoms with Crippen LogP contribution < -0.4 is 4.90 Å². The Bertz CT molecular complexity index is 2230. The van der Waals surface area contributed by atoms with Crippen LogP contribution >= 0.6 is 11.6 Å². The number of benzene rings is 2. The van der Waals surface area contributed by atoms with E-state index in [2.05, 4.69) is 43.3 Å². The number of hydrogen-bond donors (Lipinski definition) is 1. The highest BCUT2D eigenvalue weighted by Crippen LogP contribution is 2.44. The van der Waals surface area contributed by atoms with E-state index in [1.807, 2.05) is 34.0 Å². The Morgan fingerprint density at radius 1 is 1.22 bits per heavy atom. The average molecular weight is 705 g/mol. The number of fused-ring (bicyclic) bond motifs is 4. The fourth-order valence-electron chi connectivity index (χ4n) is 7.48. The van der Waals surface area contributed by atoms with Gasteiger partial charge in [0.25, 0.3) is 6.43 Å². The summed E-state index contributed by atoms with van der Waals surface area (Å²) in [5.41, 5.74) is 4.23. The lowest BCUT2D eigenvalue weighted by atomic mass is 9.90. The highest BCUT2D eigenvalue weighted by Gasteiger charge is 2.43. The summed E-state index contributed by atoms with van der Waals surface area (Å²) in [5, 5.41) is 27.7. The van der Waals surface area contributed by atoms with Gasteiger partial charge in [0.15, 0.2) is 17.2 Å². The lowest BCUT2D eigenvalue weighted by Gasteiger charge is -2.52. The maximum atomic E-state index is 17.3. The van der Waals surface area contributed by atoms with Crippen LogP contribution in [0.5, 0.6) is 0 Å². The van der Waals surface area contributed by atoms with Crippen molar-refractivity contribution in [3.63, 3.8) is 0 Å². The maximum Gasteiger partial charge on any atom is 0.257 e. The summed E-state index contributed by atoms with van der Waals surface area (Å²) >= 11 is 6.64. The summed E-state index contributed by atoms with van der Waals surface area (Å²) < 4.78 is 44.7. The predicted octanol–water partition coefficient (Wildman–Crippen LogP) is 6.34. The molecular weight excluding hydrogens is 669 g/mol. The van der Waals surface area contributed by atoms with Gasteiger partial charge in [-0.1, -0.05) is 16.8 Å². The number of nitrogens with zero attached hydrogens (tertiary/aromatic N) is 9. The van der Waals surface area contributed by atoms with Crippen molar-refractivity contribution >= 4 is 56.2 Å². The molecule has 2 saturated heterocycles. The molecule has 0 saturated carbocycles. The fourth-order valence-corrected chi connectivity index (χ4v) is 7.68. The zero-order valence-corrected chi connectivity index (χ0v) is 29.1. The number of carbonyl (C=O) groups excluding carboxylic acids is 1. The molecular formula is C35H36ClF3N10O. The molecule has 3 aromatic heterocycles. The van der Waals surface area contributed by atoms with E-state index in [0.717, 1.165) is 11.5 Å². The van der Waals surface area contributed by atoms with Gasteiger partial charge in [0.2, 0.25) is 5.91 Å². The molecule has 1 amide bonds. The summed E-state index contributed by atoms with van der Waals surface area (Å²) in [5.74, 6) is -0.561. The summed E-state index contributed by atoms with van der Waals surface area (Å²) in [7, 11) is 4.04. The number of nitrogens with one attached hydrogen (secondary N) is 1. The third kappa shape index (κ3) is 5.43. The van der Waals surface area contributed by atoms with Gasteiger partial charge in [0, 0.05) is 58.7 Å². The molecule has 2 atom stereocenters. The number of nitriles is 1. The van der Waals surface area contributed by atoms with Crippen molar-refractivity contribution < 1.29 is 18.0 Å². The molecule has 5 heterocycles. The molecule has 7 rings (SSSR count). The Kier molecular flexibility index (Phi) is 8.47. The summed E-state index contributed by atoms with van der Waals surface area (Å²) in [6, 6.07) is 4.96. The second kappa shape index (κ2) is 12.5. The Hall–Kier alpha value is -4.74. The number of aromatic nitrogens is 6. The molecule has 2 aromatic carbocycles. The number of likely N-dealkylation sites (tertiary alicyclic amines) is 1. The molecule has 11 nitrogen and oxygen atoms in total. The molecule has 260 valence electrons. The van der Waals surface area contributed by atoms with Crippen molar-refractivity contribution in [3.8, 4) is 17.2 Å². The molecule has 0 spiro atoms. The minimum Gasteiger partial charge on any atom is -0.351 e. The first-order valence-electron chi connectivity index (χ1n) is 16.4. The van der Waals surface area contributed by atoms with Crippen LogP contribution in [-0.4, -0.2) is 97.6 Å². The topological polar surface area (TPSA) is 123 Å². The van der Waals surface area contributed by atoms with Crippen LogP contribution in [0.3, 0.4) is 0 Å². The van der Waals surface area contributed by atoms with Gasteiger partial charge in [-0.25, -0.2) is 22.8 Å². The van der Waals surface area contributed by atoms with Gasteiger partial charge in [-0.2, -0.15) is 10.4 Å². The maximum absolute atomic E-state index is 17.3. The second-order valence-electron chi connectivity index (χ2n) is 13.8. The van der Waals surface area contributed by atoms with Crippen LogP contribution in [0.15, 0.2) is 30.5 Å². The number of aryl methyl sites for hydroxylation is 1. The molecule has 0 bridgehead atoms. The zero-order chi connectivity index (χ0) is 35.6. The van der Waals surface area contributed by atoms with E-state index in [0.29, 0.717) is 87.0 Å². The molecule has 15 heteroatoms. The van der Waals surface area contributed by atoms with Crippen LogP contribution in [0.25, 0.3) is 44.0 Å². The smallest absolute Gasteiger partial charge is 0.257 e. The highest BCUT2D eigenvalue weighted by molar-refractivity contribution is 6.33. The minimum absolute atomic E-state index is 0.0143. The molecule has 0 aliphatic carbocycles. The van der Waals surface area contributed by atoms with Gasteiger partial charge in [0.05, 0.1) is 35.8 Å². The third-order valence-electron chi connectivity index (χ3n) is 10.5. The highest BCUT2D eigenvalue weighted by atomic mass is 35.5. The van der Waals surface area contributed by atoms with Gasteiger partial charge in [0.1, 0.15) is 11.0 Å². The van der Waals surface area contributed by atoms with Crippen LogP contribution in [-0.2, 0) is 4.79 Å². The van der Waals surface area contributed by atoms with Gasteiger partial charge in [-0.15, -0.1) is 5.10 Å². The quantitative estimate of drug-likeness (QED) is 0.195. The van der Waals surface area contributed by atoms with Crippen molar-refractivity contribution in [2.24, 2.45) is 0 Å². The van der Waals surface area contributed by atoms with E-state index in [1.54, 1.807) is 16.9 Å². The Balaban J connectivity index is 1.41. The summed E-state index contributed by atoms with van der Waals surface area (Å²) in [4.78, 5) is 23.5. The van der Waals surface area contributed by atoms with Crippen LogP contribution in [0.1, 0.15) is 43.4 Å². The Labute approximate surface area is 291 Å². The largest absolute Gasteiger partial charge is 0.351 e. The van der Waals surface area contributed by atoms with Crippen LogP contribution in [0.4, 0.5) is 19.0 Å². The van der Waals surface area contributed by atoms with Crippen molar-refractivity contribution in [1.82, 2.24) is 40.0 Å². The average Bonchev–Trinajstić information content (AvgIpc) is 3.71. The first kappa shape index (κ1) is 33.7. The first-order valence-corrected chi connectivity index (χ1v) is 16.8. The van der Waals surface area contributed by atoms with Gasteiger partial charge in [-0.05, 0) is 77.0 Å². The monoisotopic (exact) mass is 704 g/mol. The van der Waals surface area contributed by atoms with Crippen LogP contribution in [0, 0.1) is 31.0 Å². The lowest BCUT2D eigenvalue weighted by molar-refractivity contribution is -0.130. The molecule has 50 heavy (non-hydrogen) atoms. The number of anilines is 1. The van der Waals surface area contributed by atoms with Crippen molar-refractivity contribution in [1.29, 1.82) is 5.26 Å². The number of allylic oxidation sites excluding steroid dienone is 1. The number of hydrogen-bond acceptors (Lipinski definition) is 8. The van der Waals surface area contributed by atoms with E-state index in [9.17, 15) is 18.8 Å². The second-order valence-corrected chi connectivity index (χ2v) is 14.2. The normalized spacial score (nSPS) is 19.4. The SMILES string of the molecule is Cc1cc2c(nc(N3CC(C)(N(C)C)C3)c3nnn([C@H]4CCN(C(=O)/C=C/C(F)F)[C@H](CC#N)C4)c32)c(F)c1-c1c(C)c(Cl)cc2[nH]ncc12. The summed E-state index contributed by atoms with van der Waals surface area (Å²) in [6.07, 6.45) is 1.09. The number of carbonyl (C=O) groups is 1. The number of likely N-dealkylation sites (N-methyl/N-ethyl adjacent to an activating group) is 1. The molecule has 2 fully saturated rings. The molecule has 0 radical (unpaired) electrons. The standard InChI is InChI=1S/C35H36ClF3N10O/c1-18-12-22-31(30(39)28(18)29-19(2)24(36)14-25-23(29)15-41-43-25)42-34(47-16-35(3,17-47)46(4)5)32-33(22)49(45-44-32)21-9-11-48(20(13-21)8-10-40)27(50)7-6-26(37)38/h6-7,12,14-15,20-21,26H,8-9,11,13,16-17H2,1-5H3,(H,41,43)/b7-6+/t20-,21+/m1/s1. The number of halogens is 4. The Morgan fingerprint density at radius 3 is 2.68 bits per heavy atom. The number of alkyl halides is 2. The van der Waals surface area contributed by atoms with Gasteiger partial charge in [-0.3, -0.25) is 9.89 Å². The van der Waals surface area contributed by atoms with Crippen molar-refractivity contribution in [2.45, 2.75) is 64.1 Å². The van der Waals surface area contributed by atoms with Crippen molar-refractivity contribution in [3.05, 3.63) is 52.4 Å². The number of rotatable bonds is 7. The van der Waals surface area contributed by atoms with Crippen LogP contribution in [0.2, 0.25) is 5.02 Å². The number of piperidine rings is 1. The van der Waals surface area contributed by atoms with Crippen molar-refractivity contribution in [2.75, 3.05) is 38.6 Å². The third-order valence-corrected chi connectivity index (χ3v) is 10.9. The molecule has 0 unspecified atom stereocenters. The number of H-pyrrole nitrogens is 1. The van der Waals surface area contributed by atoms with E-state index in [-0.39, 0.29) is 30.1 Å². The summed E-state index contributed by atoms with van der Waals surface area (Å²) in [6.45, 7) is 7.35. The number of aromatic amines is 1. The minimum atomic E-state index is -2.76. The number of pyridine rings is 1. The zero-order valence-electron chi connectivity index (χ0n) is 28.3.